The van der Waals surface area contributed by atoms with Crippen LogP contribution < -0.4 is 16.6 Å². The molecule has 94 valence electrons. The van der Waals surface area contributed by atoms with E-state index in [1.54, 1.807) is 11.8 Å². The van der Waals surface area contributed by atoms with E-state index >= 15 is 0 Å². The number of nitrogens with two attached hydrogens (primary N) is 1. The predicted octanol–water partition coefficient (Wildman–Crippen LogP) is 0.834. The first kappa shape index (κ1) is 13.5. The molecule has 1 aromatic heterocycles. The second-order valence-electron chi connectivity index (χ2n) is 3.25. The largest absolute Gasteiger partial charge is 0.363 e. The Hall–Kier alpha value is -1.61. The first-order valence-corrected chi connectivity index (χ1v) is 6.11. The molecule has 1 rings (SSSR count). The SMILES string of the molecule is CSC(C)CNc1ncnc(NN)c1[N+](=O)[O-]. The number of hydrogen-bond acceptors (Lipinski definition) is 8. The van der Waals surface area contributed by atoms with Gasteiger partial charge in [0.05, 0.1) is 4.92 Å². The zero-order valence-electron chi connectivity index (χ0n) is 9.51. The minimum Gasteiger partial charge on any atom is -0.363 e. The molecule has 1 atom stereocenters. The molecule has 4 N–H and O–H groups in total. The molecule has 8 nitrogen and oxygen atoms in total. The quantitative estimate of drug-likeness (QED) is 0.390. The average molecular weight is 258 g/mol. The van der Waals surface area contributed by atoms with Crippen LogP contribution in [0.2, 0.25) is 0 Å². The van der Waals surface area contributed by atoms with Gasteiger partial charge in [-0.3, -0.25) is 10.1 Å². The molecule has 0 saturated heterocycles. The molecule has 0 aliphatic heterocycles. The molecular formula is C8H14N6O2S. The van der Waals surface area contributed by atoms with E-state index in [1.165, 1.54) is 6.33 Å². The van der Waals surface area contributed by atoms with Crippen molar-refractivity contribution in [1.29, 1.82) is 0 Å². The fourth-order valence-electron chi connectivity index (χ4n) is 1.11. The number of nitrogen functional groups attached to an aromatic ring is 1. The van der Waals surface area contributed by atoms with Gasteiger partial charge in [0.25, 0.3) is 0 Å². The van der Waals surface area contributed by atoms with Gasteiger partial charge < -0.3 is 10.7 Å². The van der Waals surface area contributed by atoms with Crippen molar-refractivity contribution in [2.75, 3.05) is 23.5 Å². The smallest absolute Gasteiger partial charge is 0.354 e. The number of nitrogens with zero attached hydrogens (tertiary/aromatic N) is 3. The van der Waals surface area contributed by atoms with Gasteiger partial charge in [0, 0.05) is 11.8 Å². The van der Waals surface area contributed by atoms with E-state index in [0.29, 0.717) is 11.8 Å². The zero-order chi connectivity index (χ0) is 12.8. The Kier molecular flexibility index (Phi) is 4.91. The topological polar surface area (TPSA) is 119 Å². The highest BCUT2D eigenvalue weighted by molar-refractivity contribution is 7.99. The van der Waals surface area contributed by atoms with E-state index < -0.39 is 4.92 Å². The van der Waals surface area contributed by atoms with Crippen LogP contribution in [0, 0.1) is 10.1 Å². The third-order valence-electron chi connectivity index (χ3n) is 2.10. The molecule has 0 saturated carbocycles. The molecule has 17 heavy (non-hydrogen) atoms. The maximum absolute atomic E-state index is 10.9. The third kappa shape index (κ3) is 3.43. The molecule has 0 aromatic carbocycles. The second-order valence-corrected chi connectivity index (χ2v) is 4.52. The maximum atomic E-state index is 10.9. The fraction of sp³-hybridized carbons (Fsp3) is 0.500. The van der Waals surface area contributed by atoms with Crippen molar-refractivity contribution in [2.45, 2.75) is 12.2 Å². The van der Waals surface area contributed by atoms with Crippen molar-refractivity contribution < 1.29 is 4.92 Å². The van der Waals surface area contributed by atoms with Gasteiger partial charge in [-0.2, -0.15) is 11.8 Å². The Labute approximate surface area is 103 Å². The molecule has 1 aromatic rings. The first-order chi connectivity index (χ1) is 8.10. The van der Waals surface area contributed by atoms with E-state index in [0.717, 1.165) is 0 Å². The second kappa shape index (κ2) is 6.21. The van der Waals surface area contributed by atoms with Crippen LogP contribution in [-0.2, 0) is 0 Å². The summed E-state index contributed by atoms with van der Waals surface area (Å²) in [6, 6.07) is 0. The zero-order valence-corrected chi connectivity index (χ0v) is 10.3. The van der Waals surface area contributed by atoms with Crippen molar-refractivity contribution in [2.24, 2.45) is 5.84 Å². The summed E-state index contributed by atoms with van der Waals surface area (Å²) in [4.78, 5) is 17.9. The fourth-order valence-corrected chi connectivity index (χ4v) is 1.36. The van der Waals surface area contributed by atoms with Crippen LogP contribution in [0.5, 0.6) is 0 Å². The van der Waals surface area contributed by atoms with Gasteiger partial charge in [-0.1, -0.05) is 6.92 Å². The van der Waals surface area contributed by atoms with Gasteiger partial charge >= 0.3 is 5.69 Å². The lowest BCUT2D eigenvalue weighted by Gasteiger charge is -2.11. The number of thioether (sulfide) groups is 1. The number of rotatable bonds is 6. The number of nitrogens with one attached hydrogen (secondary N) is 2. The molecule has 0 aliphatic rings. The summed E-state index contributed by atoms with van der Waals surface area (Å²) >= 11 is 1.65. The van der Waals surface area contributed by atoms with E-state index in [4.69, 9.17) is 5.84 Å². The normalized spacial score (nSPS) is 11.9. The Bertz CT molecular complexity index is 402. The van der Waals surface area contributed by atoms with Crippen LogP contribution in [0.25, 0.3) is 0 Å². The number of hydrazine groups is 1. The summed E-state index contributed by atoms with van der Waals surface area (Å²) in [7, 11) is 0. The Morgan fingerprint density at radius 2 is 2.24 bits per heavy atom. The molecule has 1 heterocycles. The molecule has 0 spiro atoms. The number of aromatic nitrogens is 2. The maximum Gasteiger partial charge on any atom is 0.354 e. The monoisotopic (exact) mass is 258 g/mol. The Balaban J connectivity index is 2.94. The number of hydrogen-bond donors (Lipinski definition) is 3. The van der Waals surface area contributed by atoms with Gasteiger partial charge in [0.1, 0.15) is 6.33 Å². The molecule has 0 aliphatic carbocycles. The minimum atomic E-state index is -0.568. The van der Waals surface area contributed by atoms with Gasteiger partial charge in [0.15, 0.2) is 0 Å². The van der Waals surface area contributed by atoms with Crippen molar-refractivity contribution in [3.05, 3.63) is 16.4 Å². The van der Waals surface area contributed by atoms with E-state index in [2.05, 4.69) is 20.7 Å². The summed E-state index contributed by atoms with van der Waals surface area (Å²) < 4.78 is 0. The number of anilines is 2. The summed E-state index contributed by atoms with van der Waals surface area (Å²) in [5.41, 5.74) is 1.93. The molecular weight excluding hydrogens is 244 g/mol. The van der Waals surface area contributed by atoms with Crippen molar-refractivity contribution in [3.63, 3.8) is 0 Å². The lowest BCUT2D eigenvalue weighted by Crippen LogP contribution is -2.17. The lowest BCUT2D eigenvalue weighted by atomic mass is 10.4. The summed E-state index contributed by atoms with van der Waals surface area (Å²) in [5.74, 6) is 5.32. The van der Waals surface area contributed by atoms with Gasteiger partial charge in [-0.05, 0) is 6.26 Å². The summed E-state index contributed by atoms with van der Waals surface area (Å²) in [5, 5.41) is 14.1. The molecule has 0 amide bonds. The molecule has 0 bridgehead atoms. The summed E-state index contributed by atoms with van der Waals surface area (Å²) in [6.07, 6.45) is 3.18. The highest BCUT2D eigenvalue weighted by Crippen LogP contribution is 2.28. The van der Waals surface area contributed by atoms with E-state index in [1.807, 2.05) is 13.2 Å². The number of nitro groups is 1. The van der Waals surface area contributed by atoms with Crippen LogP contribution in [0.4, 0.5) is 17.3 Å². The minimum absolute atomic E-state index is 0.00990. The molecule has 9 heteroatoms. The molecule has 1 unspecified atom stereocenters. The van der Waals surface area contributed by atoms with Gasteiger partial charge in [-0.25, -0.2) is 15.8 Å². The van der Waals surface area contributed by atoms with Crippen LogP contribution in [0.15, 0.2) is 6.33 Å². The first-order valence-electron chi connectivity index (χ1n) is 4.82. The van der Waals surface area contributed by atoms with Crippen LogP contribution in [0.3, 0.4) is 0 Å². The third-order valence-corrected chi connectivity index (χ3v) is 3.07. The van der Waals surface area contributed by atoms with Gasteiger partial charge in [-0.15, -0.1) is 0 Å². The highest BCUT2D eigenvalue weighted by atomic mass is 32.2. The lowest BCUT2D eigenvalue weighted by molar-refractivity contribution is -0.383. The van der Waals surface area contributed by atoms with Crippen molar-refractivity contribution >= 4 is 29.1 Å². The van der Waals surface area contributed by atoms with E-state index in [-0.39, 0.29) is 17.3 Å². The standard InChI is InChI=1S/C8H14N6O2S/c1-5(17-2)3-10-7-6(14(15)16)8(13-9)12-4-11-7/h4-5H,3,9H2,1-2H3,(H2,10,11,12,13). The van der Waals surface area contributed by atoms with E-state index in [9.17, 15) is 10.1 Å². The molecule has 0 fully saturated rings. The van der Waals surface area contributed by atoms with Crippen LogP contribution >= 0.6 is 11.8 Å². The molecule has 0 radical (unpaired) electrons. The average Bonchev–Trinajstić information content (AvgIpc) is 2.34. The van der Waals surface area contributed by atoms with Crippen LogP contribution in [-0.4, -0.2) is 32.9 Å². The van der Waals surface area contributed by atoms with Crippen molar-refractivity contribution in [1.82, 2.24) is 9.97 Å². The van der Waals surface area contributed by atoms with Gasteiger partial charge in [0.2, 0.25) is 11.6 Å². The Morgan fingerprint density at radius 3 is 2.76 bits per heavy atom. The predicted molar refractivity (Wildman–Crippen MR) is 68.0 cm³/mol. The van der Waals surface area contributed by atoms with Crippen LogP contribution in [0.1, 0.15) is 6.92 Å². The highest BCUT2D eigenvalue weighted by Gasteiger charge is 2.22. The summed E-state index contributed by atoms with van der Waals surface area (Å²) in [6.45, 7) is 2.58. The Morgan fingerprint density at radius 1 is 1.59 bits per heavy atom. The van der Waals surface area contributed by atoms with Crippen molar-refractivity contribution in [3.8, 4) is 0 Å².